The Balaban J connectivity index is 1.54. The summed E-state index contributed by atoms with van der Waals surface area (Å²) in [7, 11) is 0. The maximum atomic E-state index is 12.3. The van der Waals surface area contributed by atoms with E-state index in [1.165, 1.54) is 0 Å². The van der Waals surface area contributed by atoms with Gasteiger partial charge in [0.1, 0.15) is 6.54 Å². The summed E-state index contributed by atoms with van der Waals surface area (Å²) >= 11 is 3.28. The highest BCUT2D eigenvalue weighted by molar-refractivity contribution is 9.10. The van der Waals surface area contributed by atoms with Crippen molar-refractivity contribution in [2.75, 3.05) is 13.2 Å². The molecule has 1 heterocycles. The number of Topliss-reactive ketones (excluding diaryl/α,β-unsaturated/α-hetero) is 1. The topological polar surface area (TPSA) is 80.8 Å². The van der Waals surface area contributed by atoms with E-state index < -0.39 is 19.1 Å². The first-order chi connectivity index (χ1) is 12.0. The van der Waals surface area contributed by atoms with Gasteiger partial charge in [-0.1, -0.05) is 40.9 Å². The number of halogens is 1. The fourth-order valence-corrected chi connectivity index (χ4v) is 3.69. The second-order valence-electron chi connectivity index (χ2n) is 6.35. The third-order valence-electron chi connectivity index (χ3n) is 4.75. The highest BCUT2D eigenvalue weighted by Gasteiger charge is 2.48. The first-order valence-electron chi connectivity index (χ1n) is 8.27. The van der Waals surface area contributed by atoms with Crippen molar-refractivity contribution in [2.45, 2.75) is 25.7 Å². The number of ketones is 1. The number of carbonyl (C=O) groups is 4. The minimum atomic E-state index is -0.745. The van der Waals surface area contributed by atoms with Crippen LogP contribution in [-0.4, -0.2) is 41.6 Å². The predicted octanol–water partition coefficient (Wildman–Crippen LogP) is 2.35. The molecule has 132 valence electrons. The van der Waals surface area contributed by atoms with Crippen LogP contribution >= 0.6 is 15.9 Å². The molecule has 0 spiro atoms. The van der Waals surface area contributed by atoms with Crippen LogP contribution in [0.1, 0.15) is 36.0 Å². The molecule has 2 unspecified atom stereocenters. The number of esters is 1. The van der Waals surface area contributed by atoms with Crippen LogP contribution in [0.15, 0.2) is 28.7 Å². The van der Waals surface area contributed by atoms with Gasteiger partial charge < -0.3 is 4.74 Å². The van der Waals surface area contributed by atoms with Gasteiger partial charge in [-0.2, -0.15) is 0 Å². The van der Waals surface area contributed by atoms with Gasteiger partial charge in [0, 0.05) is 10.0 Å². The number of hydrogen-bond acceptors (Lipinski definition) is 5. The van der Waals surface area contributed by atoms with Crippen molar-refractivity contribution in [2.24, 2.45) is 11.8 Å². The number of hydrogen-bond donors (Lipinski definition) is 0. The molecule has 1 aromatic rings. The first-order valence-corrected chi connectivity index (χ1v) is 9.06. The average Bonchev–Trinajstić information content (AvgIpc) is 2.86. The van der Waals surface area contributed by atoms with Gasteiger partial charge in [0.25, 0.3) is 0 Å². The second kappa shape index (κ2) is 7.47. The largest absolute Gasteiger partial charge is 0.456 e. The third-order valence-corrected chi connectivity index (χ3v) is 5.28. The minimum Gasteiger partial charge on any atom is -0.456 e. The highest BCUT2D eigenvalue weighted by atomic mass is 79.9. The fraction of sp³-hybridized carbons (Fsp3) is 0.444. The Kier molecular flexibility index (Phi) is 5.32. The van der Waals surface area contributed by atoms with Gasteiger partial charge in [-0.25, -0.2) is 0 Å². The maximum absolute atomic E-state index is 12.3. The van der Waals surface area contributed by atoms with Crippen LogP contribution in [0.2, 0.25) is 0 Å². The van der Waals surface area contributed by atoms with Crippen LogP contribution in [0, 0.1) is 11.8 Å². The summed E-state index contributed by atoms with van der Waals surface area (Å²) in [6.45, 7) is -0.832. The monoisotopic (exact) mass is 407 g/mol. The van der Waals surface area contributed by atoms with E-state index in [1.54, 1.807) is 24.3 Å². The van der Waals surface area contributed by atoms with Crippen LogP contribution in [0.25, 0.3) is 0 Å². The van der Waals surface area contributed by atoms with Gasteiger partial charge in [-0.05, 0) is 25.0 Å². The average molecular weight is 408 g/mol. The van der Waals surface area contributed by atoms with Crippen LogP contribution in [-0.2, 0) is 19.1 Å². The molecule has 0 N–H and O–H groups in total. The molecule has 0 aromatic heterocycles. The van der Waals surface area contributed by atoms with Crippen LogP contribution in [0.3, 0.4) is 0 Å². The Morgan fingerprint density at radius 1 is 1.04 bits per heavy atom. The molecule has 2 amide bonds. The lowest BCUT2D eigenvalue weighted by atomic mass is 9.81. The van der Waals surface area contributed by atoms with E-state index in [9.17, 15) is 19.2 Å². The van der Waals surface area contributed by atoms with E-state index in [2.05, 4.69) is 15.9 Å². The molecule has 1 aromatic carbocycles. The smallest absolute Gasteiger partial charge is 0.326 e. The molecule has 0 bridgehead atoms. The van der Waals surface area contributed by atoms with Gasteiger partial charge >= 0.3 is 5.97 Å². The summed E-state index contributed by atoms with van der Waals surface area (Å²) in [5.74, 6) is -2.24. The van der Waals surface area contributed by atoms with Gasteiger partial charge in [-0.3, -0.25) is 24.1 Å². The van der Waals surface area contributed by atoms with E-state index in [-0.39, 0.29) is 29.4 Å². The van der Waals surface area contributed by atoms with Crippen molar-refractivity contribution in [1.82, 2.24) is 4.90 Å². The van der Waals surface area contributed by atoms with Gasteiger partial charge in [0.2, 0.25) is 11.8 Å². The number of nitrogens with zero attached hydrogens (tertiary/aromatic N) is 1. The van der Waals surface area contributed by atoms with E-state index in [1.807, 2.05) is 0 Å². The summed E-state index contributed by atoms with van der Waals surface area (Å²) in [4.78, 5) is 49.5. The number of rotatable bonds is 5. The standard InChI is InChI=1S/C18H18BrNO5/c19-12-7-5-11(6-8-12)15(21)10-25-16(22)9-20-17(23)13-3-1-2-4-14(13)18(20)24/h5-8,13-14H,1-4,9-10H2. The van der Waals surface area contributed by atoms with Crippen LogP contribution < -0.4 is 0 Å². The van der Waals surface area contributed by atoms with Crippen molar-refractivity contribution in [3.8, 4) is 0 Å². The zero-order valence-corrected chi connectivity index (χ0v) is 15.2. The van der Waals surface area contributed by atoms with Crippen LogP contribution in [0.4, 0.5) is 0 Å². The number of carbonyl (C=O) groups excluding carboxylic acids is 4. The van der Waals surface area contributed by atoms with Gasteiger partial charge in [-0.15, -0.1) is 0 Å². The minimum absolute atomic E-state index is 0.286. The van der Waals surface area contributed by atoms with E-state index in [4.69, 9.17) is 4.74 Å². The molecule has 1 aliphatic carbocycles. The predicted molar refractivity (Wildman–Crippen MR) is 91.6 cm³/mol. The molecule has 0 radical (unpaired) electrons. The molecular formula is C18H18BrNO5. The molecule has 2 atom stereocenters. The van der Waals surface area contributed by atoms with E-state index >= 15 is 0 Å². The lowest BCUT2D eigenvalue weighted by Gasteiger charge is -2.19. The number of ether oxygens (including phenoxy) is 1. The maximum Gasteiger partial charge on any atom is 0.326 e. The van der Waals surface area contributed by atoms with Crippen molar-refractivity contribution < 1.29 is 23.9 Å². The lowest BCUT2D eigenvalue weighted by Crippen LogP contribution is -2.37. The third kappa shape index (κ3) is 3.81. The molecule has 1 aliphatic heterocycles. The number of benzene rings is 1. The molecule has 2 aliphatic rings. The zero-order chi connectivity index (χ0) is 18.0. The molecule has 1 saturated heterocycles. The van der Waals surface area contributed by atoms with Crippen molar-refractivity contribution in [3.05, 3.63) is 34.3 Å². The fourth-order valence-electron chi connectivity index (χ4n) is 3.43. The van der Waals surface area contributed by atoms with E-state index in [0.29, 0.717) is 18.4 Å². The molecular weight excluding hydrogens is 390 g/mol. The molecule has 25 heavy (non-hydrogen) atoms. The Hall–Kier alpha value is -2.02. The summed E-state index contributed by atoms with van der Waals surface area (Å²) < 4.78 is 5.80. The Morgan fingerprint density at radius 3 is 2.16 bits per heavy atom. The molecule has 6 nitrogen and oxygen atoms in total. The van der Waals surface area contributed by atoms with E-state index in [0.717, 1.165) is 22.2 Å². The first kappa shape index (κ1) is 17.8. The van der Waals surface area contributed by atoms with Crippen molar-refractivity contribution >= 4 is 39.5 Å². The zero-order valence-electron chi connectivity index (χ0n) is 13.6. The van der Waals surface area contributed by atoms with Gasteiger partial charge in [0.15, 0.2) is 12.4 Å². The van der Waals surface area contributed by atoms with Crippen LogP contribution in [0.5, 0.6) is 0 Å². The number of imide groups is 1. The summed E-state index contributed by atoms with van der Waals surface area (Å²) in [5.41, 5.74) is 0.426. The Labute approximate surface area is 153 Å². The summed E-state index contributed by atoms with van der Waals surface area (Å²) in [6.07, 6.45) is 3.26. The van der Waals surface area contributed by atoms with Gasteiger partial charge in [0.05, 0.1) is 11.8 Å². The Morgan fingerprint density at radius 2 is 1.60 bits per heavy atom. The SMILES string of the molecule is O=C(CN1C(=O)C2CCCCC2C1=O)OCC(=O)c1ccc(Br)cc1. The molecule has 3 rings (SSSR count). The van der Waals surface area contributed by atoms with Crippen molar-refractivity contribution in [1.29, 1.82) is 0 Å². The summed E-state index contributed by atoms with van der Waals surface area (Å²) in [5, 5.41) is 0. The quantitative estimate of drug-likeness (QED) is 0.425. The molecule has 1 saturated carbocycles. The second-order valence-corrected chi connectivity index (χ2v) is 7.27. The lowest BCUT2D eigenvalue weighted by molar-refractivity contribution is -0.152. The number of fused-ring (bicyclic) bond motifs is 1. The highest BCUT2D eigenvalue weighted by Crippen LogP contribution is 2.37. The number of amides is 2. The van der Waals surface area contributed by atoms with Crippen molar-refractivity contribution in [3.63, 3.8) is 0 Å². The number of likely N-dealkylation sites (tertiary alicyclic amines) is 1. The Bertz CT molecular complexity index is 691. The molecule has 2 fully saturated rings. The summed E-state index contributed by atoms with van der Waals surface area (Å²) in [6, 6.07) is 6.69. The molecule has 7 heteroatoms. The normalized spacial score (nSPS) is 22.7.